The van der Waals surface area contributed by atoms with E-state index in [4.69, 9.17) is 21.6 Å². The maximum absolute atomic E-state index is 11.4. The molecule has 5 nitrogen and oxygen atoms in total. The van der Waals surface area contributed by atoms with Crippen molar-refractivity contribution < 1.29 is 9.94 Å². The van der Waals surface area contributed by atoms with Gasteiger partial charge in [-0.05, 0) is 42.0 Å². The van der Waals surface area contributed by atoms with Gasteiger partial charge >= 0.3 is 0 Å². The van der Waals surface area contributed by atoms with Gasteiger partial charge in [0, 0.05) is 10.6 Å². The molecule has 1 heterocycles. The fourth-order valence-corrected chi connectivity index (χ4v) is 2.47. The second-order valence-corrected chi connectivity index (χ2v) is 5.19. The van der Waals surface area contributed by atoms with E-state index in [1.165, 1.54) is 6.08 Å². The van der Waals surface area contributed by atoms with Crippen LogP contribution in [0.5, 0.6) is 5.75 Å². The quantitative estimate of drug-likeness (QED) is 0.851. The number of halogens is 1. The van der Waals surface area contributed by atoms with Crippen LogP contribution in [0.4, 0.5) is 0 Å². The predicted octanol–water partition coefficient (Wildman–Crippen LogP) is 3.88. The summed E-state index contributed by atoms with van der Waals surface area (Å²) in [6.45, 7) is 0. The Bertz CT molecular complexity index is 779. The molecular weight excluding hydrogens is 304 g/mol. The largest absolute Gasteiger partial charge is 0.734 e. The Kier molecular flexibility index (Phi) is 3.73. The van der Waals surface area contributed by atoms with Crippen molar-refractivity contribution in [3.63, 3.8) is 0 Å². The highest BCUT2D eigenvalue weighted by atomic mass is 35.5. The molecule has 0 saturated heterocycles. The molecule has 6 heteroatoms. The predicted molar refractivity (Wildman–Crippen MR) is 80.9 cm³/mol. The van der Waals surface area contributed by atoms with E-state index in [2.05, 4.69) is 0 Å². The van der Waals surface area contributed by atoms with Crippen LogP contribution in [0.1, 0.15) is 22.8 Å². The molecule has 0 saturated carbocycles. The van der Waals surface area contributed by atoms with Crippen molar-refractivity contribution in [2.45, 2.75) is 6.10 Å². The van der Waals surface area contributed by atoms with Crippen LogP contribution in [-0.2, 0) is 0 Å². The van der Waals surface area contributed by atoms with E-state index in [1.807, 2.05) is 6.07 Å². The number of hydroxylamine groups is 2. The minimum absolute atomic E-state index is 0.0412. The maximum Gasteiger partial charge on any atom is 0.165 e. The SMILES string of the molecule is N#Cc1ccc(C2Oc3ccc(Cl)cc3C=C2N([O-])O)cc1. The number of benzene rings is 2. The molecule has 1 aliphatic rings. The van der Waals surface area contributed by atoms with Gasteiger partial charge in [0.05, 0.1) is 17.3 Å². The molecule has 2 aromatic rings. The van der Waals surface area contributed by atoms with E-state index >= 15 is 0 Å². The monoisotopic (exact) mass is 313 g/mol. The minimum Gasteiger partial charge on any atom is -0.734 e. The fourth-order valence-electron chi connectivity index (χ4n) is 2.29. The standard InChI is InChI=1S/C16H10ClN2O3/c17-13-5-6-15-12(7-13)8-14(19(20)21)16(22-15)11-3-1-10(9-18)2-4-11/h1-8,16,20H/q-1. The second-order valence-electron chi connectivity index (χ2n) is 4.76. The first-order valence-electron chi connectivity index (χ1n) is 6.42. The van der Waals surface area contributed by atoms with Gasteiger partial charge in [-0.3, -0.25) is 5.21 Å². The zero-order valence-electron chi connectivity index (χ0n) is 11.2. The van der Waals surface area contributed by atoms with Gasteiger partial charge in [-0.15, -0.1) is 0 Å². The Morgan fingerprint density at radius 1 is 1.23 bits per heavy atom. The molecule has 1 aliphatic heterocycles. The number of hydrogen-bond acceptors (Lipinski definition) is 5. The highest BCUT2D eigenvalue weighted by Gasteiger charge is 2.25. The highest BCUT2D eigenvalue weighted by Crippen LogP contribution is 2.39. The molecule has 1 unspecified atom stereocenters. The summed E-state index contributed by atoms with van der Waals surface area (Å²) in [6, 6.07) is 13.7. The number of nitriles is 1. The van der Waals surface area contributed by atoms with E-state index in [0.29, 0.717) is 27.5 Å². The summed E-state index contributed by atoms with van der Waals surface area (Å²) in [6.07, 6.45) is 0.768. The van der Waals surface area contributed by atoms with Gasteiger partial charge in [0.25, 0.3) is 0 Å². The smallest absolute Gasteiger partial charge is 0.165 e. The molecule has 0 fully saturated rings. The summed E-state index contributed by atoms with van der Waals surface area (Å²) in [5, 5.41) is 29.9. The van der Waals surface area contributed by atoms with Crippen LogP contribution in [0.25, 0.3) is 6.08 Å². The van der Waals surface area contributed by atoms with E-state index in [9.17, 15) is 10.4 Å². The molecule has 0 amide bonds. The first kappa shape index (κ1) is 14.4. The first-order chi connectivity index (χ1) is 10.6. The number of rotatable bonds is 2. The van der Waals surface area contributed by atoms with Gasteiger partial charge in [-0.1, -0.05) is 23.7 Å². The molecule has 1 atom stereocenters. The molecule has 3 rings (SSSR count). The third kappa shape index (κ3) is 2.63. The van der Waals surface area contributed by atoms with Crippen molar-refractivity contribution in [3.05, 3.63) is 75.1 Å². The molecule has 0 radical (unpaired) electrons. The summed E-state index contributed by atoms with van der Waals surface area (Å²) in [5.41, 5.74) is 1.81. The molecule has 2 aromatic carbocycles. The van der Waals surface area contributed by atoms with Gasteiger partial charge < -0.3 is 15.2 Å². The van der Waals surface area contributed by atoms with E-state index < -0.39 is 6.10 Å². The van der Waals surface area contributed by atoms with Crippen LogP contribution in [-0.4, -0.2) is 10.4 Å². The van der Waals surface area contributed by atoms with E-state index in [1.54, 1.807) is 42.5 Å². The third-order valence-electron chi connectivity index (χ3n) is 3.35. The third-order valence-corrected chi connectivity index (χ3v) is 3.59. The second kappa shape index (κ2) is 5.70. The van der Waals surface area contributed by atoms with Crippen molar-refractivity contribution in [2.24, 2.45) is 0 Å². The molecule has 1 N–H and O–H groups in total. The average molecular weight is 314 g/mol. The van der Waals surface area contributed by atoms with Crippen molar-refractivity contribution in [1.82, 2.24) is 5.23 Å². The topological polar surface area (TPSA) is 79.5 Å². The summed E-state index contributed by atoms with van der Waals surface area (Å²) in [5.74, 6) is 0.560. The number of ether oxygens (including phenoxy) is 1. The van der Waals surface area contributed by atoms with Crippen LogP contribution in [0.15, 0.2) is 48.2 Å². The van der Waals surface area contributed by atoms with Gasteiger partial charge in [-0.2, -0.15) is 5.26 Å². The molecule has 0 aromatic heterocycles. The average Bonchev–Trinajstić information content (AvgIpc) is 2.53. The van der Waals surface area contributed by atoms with E-state index in [-0.39, 0.29) is 10.9 Å². The molecule has 0 aliphatic carbocycles. The van der Waals surface area contributed by atoms with Gasteiger partial charge in [0.2, 0.25) is 0 Å². The zero-order valence-corrected chi connectivity index (χ0v) is 12.0. The van der Waals surface area contributed by atoms with E-state index in [0.717, 1.165) is 0 Å². The lowest BCUT2D eigenvalue weighted by atomic mass is 10.00. The Morgan fingerprint density at radius 2 is 1.95 bits per heavy atom. The van der Waals surface area contributed by atoms with Crippen LogP contribution in [0.2, 0.25) is 5.02 Å². The number of nitrogens with zero attached hydrogens (tertiary/aromatic N) is 2. The Morgan fingerprint density at radius 3 is 2.59 bits per heavy atom. The maximum atomic E-state index is 11.4. The van der Waals surface area contributed by atoms with Crippen LogP contribution < -0.4 is 4.74 Å². The Labute approximate surface area is 131 Å². The Hall–Kier alpha value is -2.52. The summed E-state index contributed by atoms with van der Waals surface area (Å²) >= 11 is 5.92. The van der Waals surface area contributed by atoms with Crippen molar-refractivity contribution in [3.8, 4) is 11.8 Å². The van der Waals surface area contributed by atoms with Crippen molar-refractivity contribution in [2.75, 3.05) is 0 Å². The molecule has 0 spiro atoms. The summed E-state index contributed by atoms with van der Waals surface area (Å²) in [4.78, 5) is 0. The molecule has 22 heavy (non-hydrogen) atoms. The minimum atomic E-state index is -0.760. The van der Waals surface area contributed by atoms with Crippen LogP contribution in [0.3, 0.4) is 0 Å². The zero-order chi connectivity index (χ0) is 15.7. The number of fused-ring (bicyclic) bond motifs is 1. The van der Waals surface area contributed by atoms with Crippen molar-refractivity contribution >= 4 is 17.7 Å². The lowest BCUT2D eigenvalue weighted by molar-refractivity contribution is -0.0244. The first-order valence-corrected chi connectivity index (χ1v) is 6.80. The van der Waals surface area contributed by atoms with Crippen molar-refractivity contribution in [1.29, 1.82) is 5.26 Å². The normalized spacial score (nSPS) is 16.1. The molecule has 110 valence electrons. The summed E-state index contributed by atoms with van der Waals surface area (Å²) in [7, 11) is 0. The molecule has 0 bridgehead atoms. The summed E-state index contributed by atoms with van der Waals surface area (Å²) < 4.78 is 5.81. The Balaban J connectivity index is 2.04. The highest BCUT2D eigenvalue weighted by molar-refractivity contribution is 6.30. The van der Waals surface area contributed by atoms with Gasteiger partial charge in [-0.25, -0.2) is 0 Å². The van der Waals surface area contributed by atoms with Gasteiger partial charge in [0.15, 0.2) is 6.10 Å². The lowest BCUT2D eigenvalue weighted by Gasteiger charge is -2.35. The number of hydrogen-bond donors (Lipinski definition) is 1. The van der Waals surface area contributed by atoms with Crippen LogP contribution in [0, 0.1) is 16.5 Å². The fraction of sp³-hybridized carbons (Fsp3) is 0.0625. The lowest BCUT2D eigenvalue weighted by Crippen LogP contribution is -2.24. The van der Waals surface area contributed by atoms with Gasteiger partial charge in [0.1, 0.15) is 5.75 Å². The van der Waals surface area contributed by atoms with Crippen LogP contribution >= 0.6 is 11.6 Å². The molecular formula is C16H10ClN2O3-.